The average molecular weight is 388 g/mol. The van der Waals surface area contributed by atoms with E-state index in [1.54, 1.807) is 6.07 Å². The molecule has 1 aromatic carbocycles. The predicted molar refractivity (Wildman–Crippen MR) is 119 cm³/mol. The van der Waals surface area contributed by atoms with Gasteiger partial charge in [-0.1, -0.05) is 39.0 Å². The standard InChI is InChI=1S/C17H21NO2S.C6H12/c1-5-11(4)14-10-21-18-17(14)13-8-12(6-2)16(20-7-3)9-15(13)19;1-4-6(3)5-2/h8-10,19H,4-7H2,1-3H3;4H,5H2,1-3H3/b;6-4-. The Morgan fingerprint density at radius 3 is 2.41 bits per heavy atom. The number of rotatable bonds is 7. The van der Waals surface area contributed by atoms with Gasteiger partial charge in [0, 0.05) is 22.6 Å². The summed E-state index contributed by atoms with van der Waals surface area (Å²) in [6.07, 6.45) is 5.04. The number of hydrogen-bond acceptors (Lipinski definition) is 4. The first kappa shape index (κ1) is 23.0. The zero-order chi connectivity index (χ0) is 20.4. The monoisotopic (exact) mass is 387 g/mol. The van der Waals surface area contributed by atoms with Crippen molar-refractivity contribution < 1.29 is 9.84 Å². The normalized spacial score (nSPS) is 11.0. The molecule has 0 saturated carbocycles. The summed E-state index contributed by atoms with van der Waals surface area (Å²) in [4.78, 5) is 0. The third-order valence-electron chi connectivity index (χ3n) is 4.54. The molecule has 27 heavy (non-hydrogen) atoms. The molecule has 0 amide bonds. The number of aromatic nitrogens is 1. The average Bonchev–Trinajstić information content (AvgIpc) is 3.17. The fraction of sp³-hybridized carbons (Fsp3) is 0.435. The first-order chi connectivity index (χ1) is 12.9. The van der Waals surface area contributed by atoms with Crippen LogP contribution in [0.1, 0.15) is 65.5 Å². The van der Waals surface area contributed by atoms with Gasteiger partial charge in [0.25, 0.3) is 0 Å². The number of aryl methyl sites for hydroxylation is 1. The van der Waals surface area contributed by atoms with E-state index in [0.717, 1.165) is 46.5 Å². The highest BCUT2D eigenvalue weighted by molar-refractivity contribution is 7.04. The molecule has 1 N–H and O–H groups in total. The second-order valence-electron chi connectivity index (χ2n) is 6.29. The van der Waals surface area contributed by atoms with Crippen LogP contribution in [-0.4, -0.2) is 16.1 Å². The molecule has 0 bridgehead atoms. The Kier molecular flexibility index (Phi) is 9.87. The van der Waals surface area contributed by atoms with Crippen LogP contribution in [-0.2, 0) is 6.42 Å². The number of benzene rings is 1. The van der Waals surface area contributed by atoms with Gasteiger partial charge in [0.15, 0.2) is 0 Å². The van der Waals surface area contributed by atoms with Gasteiger partial charge < -0.3 is 9.84 Å². The van der Waals surface area contributed by atoms with Gasteiger partial charge in [0.2, 0.25) is 0 Å². The summed E-state index contributed by atoms with van der Waals surface area (Å²) in [5.74, 6) is 0.944. The zero-order valence-electron chi connectivity index (χ0n) is 17.6. The Labute approximate surface area is 168 Å². The first-order valence-corrected chi connectivity index (χ1v) is 10.5. The minimum absolute atomic E-state index is 0.201. The summed E-state index contributed by atoms with van der Waals surface area (Å²) in [5, 5.41) is 12.3. The van der Waals surface area contributed by atoms with Crippen LogP contribution in [0.4, 0.5) is 0 Å². The molecule has 2 rings (SSSR count). The summed E-state index contributed by atoms with van der Waals surface area (Å²) in [6.45, 7) is 17.1. The smallest absolute Gasteiger partial charge is 0.128 e. The van der Waals surface area contributed by atoms with Gasteiger partial charge in [0.1, 0.15) is 11.5 Å². The lowest BCUT2D eigenvalue weighted by atomic mass is 9.98. The van der Waals surface area contributed by atoms with Crippen LogP contribution in [0.3, 0.4) is 0 Å². The Balaban J connectivity index is 0.000000527. The van der Waals surface area contributed by atoms with Gasteiger partial charge in [-0.2, -0.15) is 4.37 Å². The Bertz CT molecular complexity index is 775. The number of nitrogens with zero attached hydrogens (tertiary/aromatic N) is 1. The van der Waals surface area contributed by atoms with E-state index >= 15 is 0 Å². The van der Waals surface area contributed by atoms with E-state index in [2.05, 4.69) is 51.6 Å². The van der Waals surface area contributed by atoms with Gasteiger partial charge in [-0.05, 0) is 68.8 Å². The summed E-state index contributed by atoms with van der Waals surface area (Å²) in [7, 11) is 0. The van der Waals surface area contributed by atoms with Gasteiger partial charge >= 0.3 is 0 Å². The van der Waals surface area contributed by atoms with Crippen molar-refractivity contribution in [2.75, 3.05) is 6.61 Å². The van der Waals surface area contributed by atoms with Crippen molar-refractivity contribution in [2.24, 2.45) is 0 Å². The molecule has 0 spiro atoms. The Hall–Kier alpha value is -2.07. The third-order valence-corrected chi connectivity index (χ3v) is 5.17. The van der Waals surface area contributed by atoms with Crippen molar-refractivity contribution in [1.82, 2.24) is 4.37 Å². The number of aromatic hydroxyl groups is 1. The molecule has 0 radical (unpaired) electrons. The van der Waals surface area contributed by atoms with E-state index in [9.17, 15) is 5.11 Å². The fourth-order valence-corrected chi connectivity index (χ4v) is 3.18. The summed E-state index contributed by atoms with van der Waals surface area (Å²) in [6, 6.07) is 3.66. The van der Waals surface area contributed by atoms with Crippen LogP contribution in [0.25, 0.3) is 16.8 Å². The SMILES string of the molecule is C/C=C(/C)CC.C=C(CC)c1csnc1-c1cc(CC)c(OCC)cc1O. The lowest BCUT2D eigenvalue weighted by Gasteiger charge is -2.13. The molecule has 0 aliphatic carbocycles. The molecule has 0 saturated heterocycles. The quantitative estimate of drug-likeness (QED) is 0.508. The highest BCUT2D eigenvalue weighted by atomic mass is 32.1. The molecule has 0 aliphatic heterocycles. The Morgan fingerprint density at radius 1 is 1.22 bits per heavy atom. The molecular formula is C23H33NO2S. The van der Waals surface area contributed by atoms with Crippen LogP contribution in [0.15, 0.2) is 35.7 Å². The van der Waals surface area contributed by atoms with Crippen molar-refractivity contribution in [2.45, 2.75) is 60.8 Å². The lowest BCUT2D eigenvalue weighted by molar-refractivity contribution is 0.334. The maximum atomic E-state index is 10.3. The van der Waals surface area contributed by atoms with Crippen LogP contribution < -0.4 is 4.74 Å². The largest absolute Gasteiger partial charge is 0.507 e. The highest BCUT2D eigenvalue weighted by Gasteiger charge is 2.17. The minimum Gasteiger partial charge on any atom is -0.507 e. The van der Waals surface area contributed by atoms with Crippen molar-refractivity contribution in [1.29, 1.82) is 0 Å². The van der Waals surface area contributed by atoms with E-state index in [1.807, 2.05) is 18.4 Å². The zero-order valence-corrected chi connectivity index (χ0v) is 18.4. The molecule has 3 nitrogen and oxygen atoms in total. The van der Waals surface area contributed by atoms with Crippen molar-refractivity contribution in [3.8, 4) is 22.8 Å². The fourth-order valence-electron chi connectivity index (χ4n) is 2.45. The van der Waals surface area contributed by atoms with E-state index in [4.69, 9.17) is 4.74 Å². The molecular weight excluding hydrogens is 354 g/mol. The van der Waals surface area contributed by atoms with Crippen LogP contribution in [0.5, 0.6) is 11.5 Å². The number of hydrogen-bond donors (Lipinski definition) is 1. The summed E-state index contributed by atoms with van der Waals surface area (Å²) >= 11 is 1.39. The van der Waals surface area contributed by atoms with E-state index in [1.165, 1.54) is 23.5 Å². The van der Waals surface area contributed by atoms with Crippen molar-refractivity contribution in [3.05, 3.63) is 46.9 Å². The van der Waals surface area contributed by atoms with Crippen molar-refractivity contribution >= 4 is 17.1 Å². The molecule has 1 aromatic heterocycles. The van der Waals surface area contributed by atoms with Gasteiger partial charge in [-0.15, -0.1) is 0 Å². The maximum absolute atomic E-state index is 10.3. The Morgan fingerprint density at radius 2 is 1.93 bits per heavy atom. The molecule has 0 aliphatic rings. The lowest BCUT2D eigenvalue weighted by Crippen LogP contribution is -1.97. The summed E-state index contributed by atoms with van der Waals surface area (Å²) < 4.78 is 10.0. The van der Waals surface area contributed by atoms with Crippen LogP contribution in [0, 0.1) is 0 Å². The second kappa shape index (κ2) is 11.6. The van der Waals surface area contributed by atoms with Crippen LogP contribution in [0.2, 0.25) is 0 Å². The maximum Gasteiger partial charge on any atom is 0.128 e. The first-order valence-electron chi connectivity index (χ1n) is 9.66. The minimum atomic E-state index is 0.201. The number of ether oxygens (including phenoxy) is 1. The van der Waals surface area contributed by atoms with Crippen LogP contribution >= 0.6 is 11.5 Å². The van der Waals surface area contributed by atoms with E-state index in [-0.39, 0.29) is 5.75 Å². The molecule has 2 aromatic rings. The predicted octanol–water partition coefficient (Wildman–Crippen LogP) is 7.26. The van der Waals surface area contributed by atoms with Crippen molar-refractivity contribution in [3.63, 3.8) is 0 Å². The van der Waals surface area contributed by atoms with Gasteiger partial charge in [-0.3, -0.25) is 0 Å². The summed E-state index contributed by atoms with van der Waals surface area (Å²) in [5.41, 5.74) is 6.15. The molecule has 0 atom stereocenters. The molecule has 0 unspecified atom stereocenters. The second-order valence-corrected chi connectivity index (χ2v) is 6.92. The topological polar surface area (TPSA) is 42.4 Å². The molecule has 4 heteroatoms. The van der Waals surface area contributed by atoms with Gasteiger partial charge in [0.05, 0.1) is 12.3 Å². The third kappa shape index (κ3) is 6.24. The van der Waals surface area contributed by atoms with Gasteiger partial charge in [-0.25, -0.2) is 0 Å². The molecule has 1 heterocycles. The number of phenols is 1. The highest BCUT2D eigenvalue weighted by Crippen LogP contribution is 2.39. The van der Waals surface area contributed by atoms with E-state index < -0.39 is 0 Å². The molecule has 148 valence electrons. The molecule has 0 fully saturated rings. The van der Waals surface area contributed by atoms with E-state index in [0.29, 0.717) is 6.61 Å². The number of phenolic OH excluding ortho intramolecular Hbond substituents is 1. The number of allylic oxidation sites excluding steroid dienone is 3.